The maximum Gasteiger partial charge on any atom is 0.303 e. The lowest BCUT2D eigenvalue weighted by atomic mass is 10.1. The Morgan fingerprint density at radius 1 is 1.14 bits per heavy atom. The molecule has 0 heterocycles. The standard InChI is InChI=1S/C14H13BrN2O4/c15-11-12(17-16-7-3-6-10(18)19)14(21)9-5-2-1-4-8(9)13(11)20/h1-2,4-5,20-21H,3,6-7H2,(H,18,19). The summed E-state index contributed by atoms with van der Waals surface area (Å²) in [6, 6.07) is 6.84. The number of hydrogen-bond acceptors (Lipinski definition) is 5. The third-order valence-electron chi connectivity index (χ3n) is 2.90. The van der Waals surface area contributed by atoms with Crippen molar-refractivity contribution in [3.63, 3.8) is 0 Å². The van der Waals surface area contributed by atoms with Crippen molar-refractivity contribution in [1.29, 1.82) is 0 Å². The molecule has 0 aliphatic heterocycles. The highest BCUT2D eigenvalue weighted by Crippen LogP contribution is 2.47. The van der Waals surface area contributed by atoms with Gasteiger partial charge in [-0.1, -0.05) is 24.3 Å². The number of hydrogen-bond donors (Lipinski definition) is 3. The molecule has 7 heteroatoms. The van der Waals surface area contributed by atoms with E-state index in [4.69, 9.17) is 5.11 Å². The summed E-state index contributed by atoms with van der Waals surface area (Å²) in [5.41, 5.74) is 0.126. The summed E-state index contributed by atoms with van der Waals surface area (Å²) in [4.78, 5) is 10.4. The molecule has 21 heavy (non-hydrogen) atoms. The van der Waals surface area contributed by atoms with E-state index in [-0.39, 0.29) is 34.6 Å². The van der Waals surface area contributed by atoms with Crippen LogP contribution in [0.15, 0.2) is 39.0 Å². The molecule has 0 radical (unpaired) electrons. The molecule has 0 bridgehead atoms. The first-order chi connectivity index (χ1) is 10.0. The Morgan fingerprint density at radius 2 is 1.76 bits per heavy atom. The van der Waals surface area contributed by atoms with Crippen molar-refractivity contribution in [3.8, 4) is 11.5 Å². The van der Waals surface area contributed by atoms with Gasteiger partial charge in [0.15, 0.2) is 5.75 Å². The number of azo groups is 1. The summed E-state index contributed by atoms with van der Waals surface area (Å²) in [6.07, 6.45) is 0.367. The molecule has 0 saturated carbocycles. The average Bonchev–Trinajstić information content (AvgIpc) is 2.47. The minimum absolute atomic E-state index is 0.00907. The second-order valence-corrected chi connectivity index (χ2v) is 5.16. The maximum atomic E-state index is 10.4. The van der Waals surface area contributed by atoms with E-state index in [1.165, 1.54) is 0 Å². The number of fused-ring (bicyclic) bond motifs is 1. The van der Waals surface area contributed by atoms with Crippen LogP contribution in [0.2, 0.25) is 0 Å². The Hall–Kier alpha value is -2.15. The number of carboxylic acids is 1. The van der Waals surface area contributed by atoms with Gasteiger partial charge in [0.1, 0.15) is 11.4 Å². The average molecular weight is 353 g/mol. The highest BCUT2D eigenvalue weighted by molar-refractivity contribution is 9.10. The monoisotopic (exact) mass is 352 g/mol. The van der Waals surface area contributed by atoms with Crippen molar-refractivity contribution < 1.29 is 20.1 Å². The molecule has 2 aromatic carbocycles. The summed E-state index contributed by atoms with van der Waals surface area (Å²) in [5.74, 6) is -1.00. The van der Waals surface area contributed by atoms with Crippen LogP contribution in [0.1, 0.15) is 12.8 Å². The van der Waals surface area contributed by atoms with Crippen molar-refractivity contribution in [2.45, 2.75) is 12.8 Å². The fourth-order valence-electron chi connectivity index (χ4n) is 1.87. The number of aromatic hydroxyl groups is 2. The van der Waals surface area contributed by atoms with Gasteiger partial charge in [-0.2, -0.15) is 10.2 Å². The zero-order chi connectivity index (χ0) is 15.4. The van der Waals surface area contributed by atoms with Gasteiger partial charge in [-0.15, -0.1) is 0 Å². The van der Waals surface area contributed by atoms with Gasteiger partial charge in [0, 0.05) is 17.2 Å². The van der Waals surface area contributed by atoms with Crippen molar-refractivity contribution in [2.24, 2.45) is 10.2 Å². The van der Waals surface area contributed by atoms with E-state index in [9.17, 15) is 15.0 Å². The molecule has 0 spiro atoms. The molecule has 0 aliphatic carbocycles. The number of phenols is 2. The largest absolute Gasteiger partial charge is 0.506 e. The van der Waals surface area contributed by atoms with E-state index in [1.54, 1.807) is 24.3 Å². The van der Waals surface area contributed by atoms with Gasteiger partial charge in [0.25, 0.3) is 0 Å². The Bertz CT molecular complexity index is 716. The fraction of sp³-hybridized carbons (Fsp3) is 0.214. The maximum absolute atomic E-state index is 10.4. The molecular formula is C14H13BrN2O4. The molecular weight excluding hydrogens is 340 g/mol. The molecule has 6 nitrogen and oxygen atoms in total. The molecule has 0 aromatic heterocycles. The third-order valence-corrected chi connectivity index (χ3v) is 3.65. The van der Waals surface area contributed by atoms with Crippen LogP contribution < -0.4 is 0 Å². The molecule has 3 N–H and O–H groups in total. The molecule has 0 saturated heterocycles. The summed E-state index contributed by atoms with van der Waals surface area (Å²) in [7, 11) is 0. The highest BCUT2D eigenvalue weighted by atomic mass is 79.9. The van der Waals surface area contributed by atoms with Crippen LogP contribution in [0.4, 0.5) is 5.69 Å². The molecule has 0 fully saturated rings. The van der Waals surface area contributed by atoms with Gasteiger partial charge < -0.3 is 15.3 Å². The number of aliphatic carboxylic acids is 1. The lowest BCUT2D eigenvalue weighted by Gasteiger charge is -2.09. The van der Waals surface area contributed by atoms with E-state index in [0.717, 1.165) is 0 Å². The van der Waals surface area contributed by atoms with Crippen molar-refractivity contribution in [1.82, 2.24) is 0 Å². The molecule has 0 atom stereocenters. The van der Waals surface area contributed by atoms with Crippen LogP contribution in [0.25, 0.3) is 10.8 Å². The van der Waals surface area contributed by atoms with Gasteiger partial charge in [-0.3, -0.25) is 4.79 Å². The van der Waals surface area contributed by atoms with E-state index in [2.05, 4.69) is 26.2 Å². The minimum Gasteiger partial charge on any atom is -0.506 e. The van der Waals surface area contributed by atoms with Gasteiger partial charge in [0.2, 0.25) is 0 Å². The molecule has 0 amide bonds. The van der Waals surface area contributed by atoms with Crippen molar-refractivity contribution in [3.05, 3.63) is 28.7 Å². The van der Waals surface area contributed by atoms with Crippen molar-refractivity contribution in [2.75, 3.05) is 6.54 Å². The van der Waals surface area contributed by atoms with Crippen LogP contribution in [0.5, 0.6) is 11.5 Å². The van der Waals surface area contributed by atoms with E-state index in [1.807, 2.05) is 0 Å². The number of carboxylic acid groups (broad SMARTS) is 1. The highest BCUT2D eigenvalue weighted by Gasteiger charge is 2.16. The second kappa shape index (κ2) is 6.53. The summed E-state index contributed by atoms with van der Waals surface area (Å²) >= 11 is 3.19. The zero-order valence-electron chi connectivity index (χ0n) is 11.0. The summed E-state index contributed by atoms with van der Waals surface area (Å²) < 4.78 is 0.251. The number of phenolic OH excluding ortho intramolecular Hbond substituents is 2. The number of halogens is 1. The molecule has 0 aliphatic rings. The van der Waals surface area contributed by atoms with E-state index in [0.29, 0.717) is 17.2 Å². The lowest BCUT2D eigenvalue weighted by Crippen LogP contribution is -1.94. The third kappa shape index (κ3) is 3.30. The van der Waals surface area contributed by atoms with Crippen LogP contribution in [-0.2, 0) is 4.79 Å². The normalized spacial score (nSPS) is 11.3. The molecule has 110 valence electrons. The predicted molar refractivity (Wildman–Crippen MR) is 81.2 cm³/mol. The van der Waals surface area contributed by atoms with Gasteiger partial charge in [-0.25, -0.2) is 0 Å². The number of rotatable bonds is 5. The summed E-state index contributed by atoms with van der Waals surface area (Å²) in [5, 5.41) is 37.5. The number of carbonyl (C=O) groups is 1. The SMILES string of the molecule is O=C(O)CCCN=Nc1c(Br)c(O)c2ccccc2c1O. The molecule has 2 rings (SSSR count). The van der Waals surface area contributed by atoms with Crippen LogP contribution >= 0.6 is 15.9 Å². The Balaban J connectivity index is 2.31. The molecule has 2 aromatic rings. The second-order valence-electron chi connectivity index (χ2n) is 4.37. The Labute approximate surface area is 128 Å². The lowest BCUT2D eigenvalue weighted by molar-refractivity contribution is -0.137. The van der Waals surface area contributed by atoms with Gasteiger partial charge in [-0.05, 0) is 22.4 Å². The summed E-state index contributed by atoms with van der Waals surface area (Å²) in [6.45, 7) is 0.228. The number of benzene rings is 2. The first kappa shape index (κ1) is 15.2. The first-order valence-corrected chi connectivity index (χ1v) is 7.03. The van der Waals surface area contributed by atoms with E-state index < -0.39 is 5.97 Å². The molecule has 0 unspecified atom stereocenters. The fourth-order valence-corrected chi connectivity index (χ4v) is 2.35. The smallest absolute Gasteiger partial charge is 0.303 e. The van der Waals surface area contributed by atoms with Crippen LogP contribution in [0.3, 0.4) is 0 Å². The van der Waals surface area contributed by atoms with E-state index >= 15 is 0 Å². The zero-order valence-corrected chi connectivity index (χ0v) is 12.5. The van der Waals surface area contributed by atoms with Crippen molar-refractivity contribution >= 4 is 38.4 Å². The number of nitrogens with zero attached hydrogens (tertiary/aromatic N) is 2. The van der Waals surface area contributed by atoms with Crippen LogP contribution in [0, 0.1) is 0 Å². The topological polar surface area (TPSA) is 102 Å². The Kier molecular flexibility index (Phi) is 4.74. The van der Waals surface area contributed by atoms with Crippen LogP contribution in [-0.4, -0.2) is 27.8 Å². The van der Waals surface area contributed by atoms with Gasteiger partial charge in [0.05, 0.1) is 11.0 Å². The first-order valence-electron chi connectivity index (χ1n) is 6.23. The Morgan fingerprint density at radius 3 is 2.38 bits per heavy atom. The minimum atomic E-state index is -0.891. The predicted octanol–water partition coefficient (Wildman–Crippen LogP) is 3.96. The van der Waals surface area contributed by atoms with Gasteiger partial charge >= 0.3 is 5.97 Å². The quantitative estimate of drug-likeness (QED) is 0.430.